The number of rotatable bonds is 2. The highest BCUT2D eigenvalue weighted by molar-refractivity contribution is 5.54. The first-order valence-electron chi connectivity index (χ1n) is 3.29. The summed E-state index contributed by atoms with van der Waals surface area (Å²) in [4.78, 5) is 3.71. The predicted molar refractivity (Wildman–Crippen MR) is 44.1 cm³/mol. The summed E-state index contributed by atoms with van der Waals surface area (Å²) in [6.45, 7) is 0.446. The SMILES string of the molecule is N=C=Nc1ccccc1CN. The summed E-state index contributed by atoms with van der Waals surface area (Å²) in [5, 5.41) is 6.65. The van der Waals surface area contributed by atoms with Gasteiger partial charge in [-0.15, -0.1) is 0 Å². The molecule has 0 atom stereocenters. The Kier molecular flexibility index (Phi) is 2.55. The summed E-state index contributed by atoms with van der Waals surface area (Å²) in [7, 11) is 0. The van der Waals surface area contributed by atoms with Gasteiger partial charge in [0, 0.05) is 6.54 Å². The molecule has 0 heterocycles. The van der Waals surface area contributed by atoms with Crippen LogP contribution in [0.5, 0.6) is 0 Å². The van der Waals surface area contributed by atoms with Crippen molar-refractivity contribution >= 4 is 11.7 Å². The maximum Gasteiger partial charge on any atom is 0.0918 e. The number of nitrogens with two attached hydrogens (primary N) is 1. The molecule has 3 heteroatoms. The molecule has 0 fully saturated rings. The number of benzene rings is 1. The van der Waals surface area contributed by atoms with E-state index in [9.17, 15) is 0 Å². The van der Waals surface area contributed by atoms with Crippen LogP contribution in [0.25, 0.3) is 0 Å². The number of aliphatic imine (C=N–C) groups is 1. The van der Waals surface area contributed by atoms with Crippen LogP contribution >= 0.6 is 0 Å². The second-order valence-electron chi connectivity index (χ2n) is 2.06. The minimum Gasteiger partial charge on any atom is -0.326 e. The van der Waals surface area contributed by atoms with E-state index < -0.39 is 0 Å². The molecular formula is C8H9N3. The largest absolute Gasteiger partial charge is 0.326 e. The van der Waals surface area contributed by atoms with E-state index in [0.717, 1.165) is 11.3 Å². The van der Waals surface area contributed by atoms with E-state index in [1.54, 1.807) is 0 Å². The molecule has 0 bridgehead atoms. The Hall–Kier alpha value is -1.44. The zero-order valence-electron chi connectivity index (χ0n) is 6.04. The Bertz CT molecular complexity index is 287. The lowest BCUT2D eigenvalue weighted by Gasteiger charge is -1.98. The van der Waals surface area contributed by atoms with Crippen molar-refractivity contribution in [2.24, 2.45) is 10.7 Å². The van der Waals surface area contributed by atoms with Crippen molar-refractivity contribution in [1.82, 2.24) is 0 Å². The van der Waals surface area contributed by atoms with Gasteiger partial charge in [0.2, 0.25) is 0 Å². The third kappa shape index (κ3) is 1.74. The minimum absolute atomic E-state index is 0.446. The van der Waals surface area contributed by atoms with Crippen molar-refractivity contribution in [3.05, 3.63) is 29.8 Å². The standard InChI is InChI=1S/C8H9N3/c9-5-7-3-1-2-4-8(7)11-6-10/h1-4,10H,5,9H2. The lowest BCUT2D eigenvalue weighted by atomic mass is 10.2. The molecule has 56 valence electrons. The smallest absolute Gasteiger partial charge is 0.0918 e. The molecular weight excluding hydrogens is 138 g/mol. The first kappa shape index (κ1) is 7.66. The minimum atomic E-state index is 0.446. The van der Waals surface area contributed by atoms with Crippen molar-refractivity contribution < 1.29 is 0 Å². The van der Waals surface area contributed by atoms with E-state index in [0.29, 0.717) is 6.54 Å². The third-order valence-corrected chi connectivity index (χ3v) is 1.39. The molecule has 1 aromatic carbocycles. The van der Waals surface area contributed by atoms with Crippen LogP contribution in [0.3, 0.4) is 0 Å². The first-order valence-corrected chi connectivity index (χ1v) is 3.29. The number of hydrogen-bond acceptors (Lipinski definition) is 3. The van der Waals surface area contributed by atoms with Gasteiger partial charge in [0.1, 0.15) is 0 Å². The molecule has 1 aromatic rings. The van der Waals surface area contributed by atoms with Crippen LogP contribution in [-0.2, 0) is 6.54 Å². The summed E-state index contributed by atoms with van der Waals surface area (Å²) in [5.41, 5.74) is 7.10. The van der Waals surface area contributed by atoms with Gasteiger partial charge in [0.15, 0.2) is 0 Å². The first-order chi connectivity index (χ1) is 5.38. The van der Waals surface area contributed by atoms with Crippen molar-refractivity contribution in [3.63, 3.8) is 0 Å². The summed E-state index contributed by atoms with van der Waals surface area (Å²) in [5.74, 6) is 0. The molecule has 0 saturated heterocycles. The predicted octanol–water partition coefficient (Wildman–Crippen LogP) is 1.53. The molecule has 0 aromatic heterocycles. The molecule has 0 aliphatic carbocycles. The maximum atomic E-state index is 6.65. The van der Waals surface area contributed by atoms with Crippen LogP contribution in [0.2, 0.25) is 0 Å². The van der Waals surface area contributed by atoms with Gasteiger partial charge in [-0.2, -0.15) is 4.99 Å². The second-order valence-corrected chi connectivity index (χ2v) is 2.06. The molecule has 0 amide bonds. The van der Waals surface area contributed by atoms with Crippen molar-refractivity contribution in [3.8, 4) is 0 Å². The average molecular weight is 147 g/mol. The molecule has 0 unspecified atom stereocenters. The topological polar surface area (TPSA) is 62.2 Å². The Labute approximate surface area is 65.1 Å². The van der Waals surface area contributed by atoms with Crippen molar-refractivity contribution in [1.29, 1.82) is 5.41 Å². The maximum absolute atomic E-state index is 6.65. The zero-order chi connectivity index (χ0) is 8.10. The van der Waals surface area contributed by atoms with Crippen molar-refractivity contribution in [2.45, 2.75) is 6.54 Å². The molecule has 3 nitrogen and oxygen atoms in total. The van der Waals surface area contributed by atoms with E-state index in [1.165, 1.54) is 0 Å². The van der Waals surface area contributed by atoms with E-state index in [4.69, 9.17) is 11.1 Å². The van der Waals surface area contributed by atoms with Gasteiger partial charge >= 0.3 is 0 Å². The molecule has 3 N–H and O–H groups in total. The average Bonchev–Trinajstić information content (AvgIpc) is 2.06. The lowest BCUT2D eigenvalue weighted by Crippen LogP contribution is -1.95. The fourth-order valence-electron chi connectivity index (χ4n) is 0.853. The molecule has 1 rings (SSSR count). The molecule has 11 heavy (non-hydrogen) atoms. The number of nitrogens with zero attached hydrogens (tertiary/aromatic N) is 1. The molecule has 0 radical (unpaired) electrons. The van der Waals surface area contributed by atoms with Crippen LogP contribution in [0, 0.1) is 5.41 Å². The Morgan fingerprint density at radius 1 is 1.45 bits per heavy atom. The third-order valence-electron chi connectivity index (χ3n) is 1.39. The Balaban J connectivity index is 3.11. The number of nitrogens with one attached hydrogen (secondary N) is 1. The van der Waals surface area contributed by atoms with Gasteiger partial charge in [0.25, 0.3) is 0 Å². The van der Waals surface area contributed by atoms with E-state index in [-0.39, 0.29) is 0 Å². The highest BCUT2D eigenvalue weighted by atomic mass is 14.7. The van der Waals surface area contributed by atoms with Crippen molar-refractivity contribution in [2.75, 3.05) is 0 Å². The zero-order valence-corrected chi connectivity index (χ0v) is 6.04. The Morgan fingerprint density at radius 2 is 2.18 bits per heavy atom. The summed E-state index contributed by atoms with van der Waals surface area (Å²) in [6.07, 6.45) is 0. The quantitative estimate of drug-likeness (QED) is 0.612. The number of para-hydroxylation sites is 1. The summed E-state index contributed by atoms with van der Waals surface area (Å²) < 4.78 is 0. The van der Waals surface area contributed by atoms with Crippen LogP contribution < -0.4 is 5.73 Å². The summed E-state index contributed by atoms with van der Waals surface area (Å²) in [6, 6.07) is 9.42. The fraction of sp³-hybridized carbons (Fsp3) is 0.125. The van der Waals surface area contributed by atoms with Crippen LogP contribution in [-0.4, -0.2) is 6.01 Å². The molecule has 0 aliphatic rings. The molecule has 0 saturated carbocycles. The normalized spacial score (nSPS) is 8.82. The highest BCUT2D eigenvalue weighted by Crippen LogP contribution is 2.16. The van der Waals surface area contributed by atoms with Gasteiger partial charge in [-0.25, -0.2) is 5.41 Å². The van der Waals surface area contributed by atoms with Gasteiger partial charge in [-0.05, 0) is 11.6 Å². The Morgan fingerprint density at radius 3 is 2.82 bits per heavy atom. The van der Waals surface area contributed by atoms with E-state index in [1.807, 2.05) is 30.3 Å². The van der Waals surface area contributed by atoms with Gasteiger partial charge in [-0.1, -0.05) is 18.2 Å². The van der Waals surface area contributed by atoms with E-state index >= 15 is 0 Å². The highest BCUT2D eigenvalue weighted by Gasteiger charge is 1.94. The number of hydrogen-bond donors (Lipinski definition) is 2. The summed E-state index contributed by atoms with van der Waals surface area (Å²) >= 11 is 0. The van der Waals surface area contributed by atoms with Crippen LogP contribution in [0.15, 0.2) is 29.3 Å². The van der Waals surface area contributed by atoms with Gasteiger partial charge < -0.3 is 5.73 Å². The molecule has 0 spiro atoms. The monoisotopic (exact) mass is 147 g/mol. The second kappa shape index (κ2) is 3.66. The van der Waals surface area contributed by atoms with Gasteiger partial charge in [0.05, 0.1) is 11.7 Å². The van der Waals surface area contributed by atoms with Crippen LogP contribution in [0.4, 0.5) is 5.69 Å². The fourth-order valence-corrected chi connectivity index (χ4v) is 0.853. The van der Waals surface area contributed by atoms with Crippen LogP contribution in [0.1, 0.15) is 5.56 Å². The van der Waals surface area contributed by atoms with Gasteiger partial charge in [-0.3, -0.25) is 0 Å². The molecule has 0 aliphatic heterocycles. The lowest BCUT2D eigenvalue weighted by molar-refractivity contribution is 1.07. The van der Waals surface area contributed by atoms with E-state index in [2.05, 4.69) is 4.99 Å².